The van der Waals surface area contributed by atoms with Gasteiger partial charge in [0.15, 0.2) is 5.79 Å². The zero-order valence-electron chi connectivity index (χ0n) is 26.2. The number of hydrogen-bond donors (Lipinski definition) is 3. The molecule has 45 heavy (non-hydrogen) atoms. The minimum absolute atomic E-state index is 0.0552. The van der Waals surface area contributed by atoms with Crippen LogP contribution >= 0.6 is 0 Å². The van der Waals surface area contributed by atoms with Crippen LogP contribution in [0, 0.1) is 28.6 Å². The number of halogens is 5. The highest BCUT2D eigenvalue weighted by atomic mass is 19.4. The number of aliphatic hydroxyl groups is 3. The Morgan fingerprint density at radius 1 is 0.867 bits per heavy atom. The smallest absolute Gasteiger partial charge is 0.396 e. The van der Waals surface area contributed by atoms with Crippen LogP contribution in [0.25, 0.3) is 0 Å². The molecule has 6 aliphatic rings. The lowest BCUT2D eigenvalue weighted by atomic mass is 9.49. The summed E-state index contributed by atoms with van der Waals surface area (Å²) in [6.45, 7) is 6.65. The molecule has 4 saturated carbocycles. The highest BCUT2D eigenvalue weighted by molar-refractivity contribution is 5.45. The lowest BCUT2D eigenvalue weighted by Crippen LogP contribution is -2.65. The van der Waals surface area contributed by atoms with E-state index in [4.69, 9.17) is 9.47 Å². The van der Waals surface area contributed by atoms with Crippen molar-refractivity contribution in [1.29, 1.82) is 0 Å². The first-order chi connectivity index (χ1) is 20.9. The predicted octanol–water partition coefficient (Wildman–Crippen LogP) is 7.01. The van der Waals surface area contributed by atoms with E-state index in [2.05, 4.69) is 13.8 Å². The van der Waals surface area contributed by atoms with E-state index in [1.807, 2.05) is 24.3 Å². The number of alkyl halides is 5. The van der Waals surface area contributed by atoms with E-state index >= 15 is 8.78 Å². The Labute approximate surface area is 261 Å². The van der Waals surface area contributed by atoms with Gasteiger partial charge in [0.05, 0.1) is 18.8 Å². The molecule has 0 radical (unpaired) electrons. The fraction of sp³-hybridized carbons (Fsp3) is 0.771. The number of ether oxygens (including phenoxy) is 2. The van der Waals surface area contributed by atoms with Crippen LogP contribution in [-0.4, -0.2) is 64.2 Å². The van der Waals surface area contributed by atoms with Crippen molar-refractivity contribution in [3.05, 3.63) is 46.5 Å². The van der Waals surface area contributed by atoms with Crippen molar-refractivity contribution in [3.63, 3.8) is 0 Å². The van der Waals surface area contributed by atoms with Crippen molar-refractivity contribution in [2.24, 2.45) is 28.6 Å². The van der Waals surface area contributed by atoms with Gasteiger partial charge in [0.2, 0.25) is 0 Å². The maximum absolute atomic E-state index is 15.3. The van der Waals surface area contributed by atoms with Crippen LogP contribution in [0.1, 0.15) is 102 Å². The van der Waals surface area contributed by atoms with Crippen molar-refractivity contribution in [1.82, 2.24) is 0 Å². The van der Waals surface area contributed by atoms with Crippen molar-refractivity contribution < 1.29 is 46.7 Å². The van der Waals surface area contributed by atoms with E-state index in [0.29, 0.717) is 38.9 Å². The number of fused-ring (bicyclic) bond motifs is 4. The molecular formula is C35H45F5O5. The molecule has 7 rings (SSSR count). The van der Waals surface area contributed by atoms with Gasteiger partial charge in [-0.1, -0.05) is 50.6 Å². The highest BCUT2D eigenvalue weighted by Gasteiger charge is 2.79. The van der Waals surface area contributed by atoms with Crippen LogP contribution in [0.2, 0.25) is 0 Å². The molecule has 1 spiro atoms. The first-order valence-electron chi connectivity index (χ1n) is 16.5. The molecule has 250 valence electrons. The molecule has 10 heteroatoms. The molecule has 5 aliphatic carbocycles. The number of hydrogen-bond acceptors (Lipinski definition) is 5. The van der Waals surface area contributed by atoms with Gasteiger partial charge in [-0.3, -0.25) is 0 Å². The van der Waals surface area contributed by atoms with Crippen LogP contribution < -0.4 is 0 Å². The molecule has 1 aliphatic heterocycles. The summed E-state index contributed by atoms with van der Waals surface area (Å²) in [5, 5.41) is 33.4. The second-order valence-corrected chi connectivity index (χ2v) is 16.1. The van der Waals surface area contributed by atoms with Gasteiger partial charge in [0.1, 0.15) is 5.60 Å². The summed E-state index contributed by atoms with van der Waals surface area (Å²) in [6, 6.07) is 7.77. The summed E-state index contributed by atoms with van der Waals surface area (Å²) in [5.74, 6) is -7.22. The second kappa shape index (κ2) is 9.97. The second-order valence-electron chi connectivity index (χ2n) is 16.1. The van der Waals surface area contributed by atoms with Crippen LogP contribution in [0.5, 0.6) is 0 Å². The number of allylic oxidation sites excluding steroid dienone is 1. The zero-order valence-corrected chi connectivity index (χ0v) is 26.2. The summed E-state index contributed by atoms with van der Waals surface area (Å²) in [6.07, 6.45) is -3.69. The van der Waals surface area contributed by atoms with Gasteiger partial charge in [0.25, 0.3) is 0 Å². The summed E-state index contributed by atoms with van der Waals surface area (Å²) < 4.78 is 84.9. The molecule has 5 nitrogen and oxygen atoms in total. The Balaban J connectivity index is 1.31. The standard InChI is InChI=1S/C35H45F5O5/c1-29(2)18-44-32(45-19-29)12-9-27-28-23(8-11-31(27,42)17-32)26-10-13-33(43,34(36,37)35(38,39)40)30(26,3)15-25(28)21-6-4-20(5-7-21)24-14-22(24)16-41/h4-7,22-26,41-43H,8-19H2,1-3H3/t22-,23+,24-,25-,26+,30+,31-,33+/m1/s1. The third kappa shape index (κ3) is 4.62. The molecule has 1 aromatic rings. The molecule has 0 unspecified atom stereocenters. The van der Waals surface area contributed by atoms with Crippen LogP contribution in [-0.2, 0) is 9.47 Å². The summed E-state index contributed by atoms with van der Waals surface area (Å²) in [5.41, 5.74) is -2.72. The van der Waals surface area contributed by atoms with Gasteiger partial charge in [-0.25, -0.2) is 0 Å². The summed E-state index contributed by atoms with van der Waals surface area (Å²) >= 11 is 0. The molecule has 5 fully saturated rings. The van der Waals surface area contributed by atoms with E-state index in [-0.39, 0.29) is 49.0 Å². The molecule has 0 bridgehead atoms. The Kier molecular flexibility index (Phi) is 7.09. The SMILES string of the molecule is CC1(C)COC2(CCC3=C4[C@@H](CC[C@@]3(O)C2)[C@@H]2CC[C@@](O)(C(F)(F)C(F)(F)F)[C@@]2(C)C[C@@H]4c2ccc([C@H]3C[C@@H]3CO)cc2)OC1. The topological polar surface area (TPSA) is 79.2 Å². The predicted molar refractivity (Wildman–Crippen MR) is 155 cm³/mol. The number of aliphatic hydroxyl groups excluding tert-OH is 1. The van der Waals surface area contributed by atoms with Gasteiger partial charge >= 0.3 is 12.1 Å². The largest absolute Gasteiger partial charge is 0.456 e. The maximum atomic E-state index is 15.3. The molecule has 1 heterocycles. The first kappa shape index (κ1) is 32.0. The molecule has 3 N–H and O–H groups in total. The molecule has 0 amide bonds. The van der Waals surface area contributed by atoms with Crippen molar-refractivity contribution in [2.75, 3.05) is 19.8 Å². The highest BCUT2D eigenvalue weighted by Crippen LogP contribution is 2.71. The van der Waals surface area contributed by atoms with E-state index < -0.39 is 52.8 Å². The van der Waals surface area contributed by atoms with Crippen molar-refractivity contribution >= 4 is 0 Å². The van der Waals surface area contributed by atoms with Gasteiger partial charge in [0, 0.05) is 36.2 Å². The lowest BCUT2D eigenvalue weighted by molar-refractivity contribution is -0.362. The third-order valence-electron chi connectivity index (χ3n) is 12.8. The van der Waals surface area contributed by atoms with Crippen molar-refractivity contribution in [2.45, 2.75) is 119 Å². The van der Waals surface area contributed by atoms with E-state index in [0.717, 1.165) is 28.7 Å². The Hall–Kier alpha value is -1.59. The maximum Gasteiger partial charge on any atom is 0.456 e. The van der Waals surface area contributed by atoms with E-state index in [1.165, 1.54) is 6.92 Å². The average Bonchev–Trinajstić information content (AvgIpc) is 3.71. The van der Waals surface area contributed by atoms with Gasteiger partial charge < -0.3 is 24.8 Å². The molecule has 8 atom stereocenters. The van der Waals surface area contributed by atoms with Gasteiger partial charge in [-0.05, 0) is 85.3 Å². The third-order valence-corrected chi connectivity index (χ3v) is 12.8. The fourth-order valence-corrected chi connectivity index (χ4v) is 10.1. The molecular weight excluding hydrogens is 595 g/mol. The number of benzene rings is 1. The van der Waals surface area contributed by atoms with Crippen LogP contribution in [0.3, 0.4) is 0 Å². The molecule has 1 aromatic carbocycles. The molecule has 1 saturated heterocycles. The van der Waals surface area contributed by atoms with Crippen LogP contribution in [0.15, 0.2) is 35.4 Å². The van der Waals surface area contributed by atoms with Crippen LogP contribution in [0.4, 0.5) is 22.0 Å². The van der Waals surface area contributed by atoms with Gasteiger partial charge in [-0.15, -0.1) is 0 Å². The van der Waals surface area contributed by atoms with Crippen molar-refractivity contribution in [3.8, 4) is 0 Å². The molecule has 0 aromatic heterocycles. The summed E-state index contributed by atoms with van der Waals surface area (Å²) in [4.78, 5) is 0. The Bertz CT molecular complexity index is 1360. The normalized spacial score (nSPS) is 42.2. The number of rotatable bonds is 4. The van der Waals surface area contributed by atoms with Gasteiger partial charge in [-0.2, -0.15) is 22.0 Å². The average molecular weight is 641 g/mol. The Morgan fingerprint density at radius 3 is 2.11 bits per heavy atom. The quantitative estimate of drug-likeness (QED) is 0.244. The first-order valence-corrected chi connectivity index (χ1v) is 16.5. The lowest BCUT2D eigenvalue weighted by Gasteiger charge is -2.59. The minimum atomic E-state index is -5.89. The minimum Gasteiger partial charge on any atom is -0.396 e. The zero-order chi connectivity index (χ0) is 32.4. The van der Waals surface area contributed by atoms with E-state index in [9.17, 15) is 28.5 Å². The monoisotopic (exact) mass is 640 g/mol. The fourth-order valence-electron chi connectivity index (χ4n) is 10.1. The Morgan fingerprint density at radius 2 is 1.51 bits per heavy atom. The van der Waals surface area contributed by atoms with E-state index in [1.54, 1.807) is 0 Å². The summed E-state index contributed by atoms with van der Waals surface area (Å²) in [7, 11) is 0.